The average Bonchev–Trinajstić information content (AvgIpc) is 3.70. The van der Waals surface area contributed by atoms with Crippen molar-refractivity contribution < 1.29 is 39.8 Å². The molecule has 0 radical (unpaired) electrons. The van der Waals surface area contributed by atoms with Crippen LogP contribution < -0.4 is 5.32 Å². The largest absolute Gasteiger partial charge is 0.394 e. The molecule has 1 aliphatic rings. The minimum absolute atomic E-state index is 0.185. The summed E-state index contributed by atoms with van der Waals surface area (Å²) in [6.45, 7) is 3.79. The molecule has 0 saturated carbocycles. The number of aliphatic hydroxyl groups excluding tert-OH is 5. The van der Waals surface area contributed by atoms with E-state index in [0.29, 0.717) is 6.42 Å². The molecule has 1 fully saturated rings. The van der Waals surface area contributed by atoms with Crippen molar-refractivity contribution in [1.82, 2.24) is 5.32 Å². The van der Waals surface area contributed by atoms with Gasteiger partial charge in [0.05, 0.1) is 25.4 Å². The molecule has 9 nitrogen and oxygen atoms in total. The fourth-order valence-electron chi connectivity index (χ4n) is 11.6. The maximum absolute atomic E-state index is 13.1. The maximum Gasteiger partial charge on any atom is 0.220 e. The van der Waals surface area contributed by atoms with E-state index in [1.165, 1.54) is 283 Å². The summed E-state index contributed by atoms with van der Waals surface area (Å²) in [5, 5.41) is 54.8. The Balaban J connectivity index is 2.12. The third kappa shape index (κ3) is 51.9. The molecule has 0 spiro atoms. The van der Waals surface area contributed by atoms with Gasteiger partial charge in [0.25, 0.3) is 0 Å². The van der Waals surface area contributed by atoms with Gasteiger partial charge in [-0.05, 0) is 77.0 Å². The molecular formula is C75H139NO8. The van der Waals surface area contributed by atoms with Crippen LogP contribution in [0.3, 0.4) is 0 Å². The summed E-state index contributed by atoms with van der Waals surface area (Å²) in [7, 11) is 0. The molecule has 0 aliphatic carbocycles. The van der Waals surface area contributed by atoms with Crippen LogP contribution in [0.1, 0.15) is 354 Å². The van der Waals surface area contributed by atoms with Crippen molar-refractivity contribution in [2.24, 2.45) is 0 Å². The van der Waals surface area contributed by atoms with Crippen molar-refractivity contribution in [2.45, 2.75) is 397 Å². The van der Waals surface area contributed by atoms with Gasteiger partial charge in [0.15, 0.2) is 6.29 Å². The highest BCUT2D eigenvalue weighted by Gasteiger charge is 2.44. The molecule has 9 heteroatoms. The first-order valence-electron chi connectivity index (χ1n) is 36.5. The average molecular weight is 1180 g/mol. The van der Waals surface area contributed by atoms with Crippen LogP contribution in [0.4, 0.5) is 0 Å². The summed E-state index contributed by atoms with van der Waals surface area (Å²) in [5.41, 5.74) is 0. The Bertz CT molecular complexity index is 1510. The molecular weight excluding hydrogens is 1040 g/mol. The zero-order chi connectivity index (χ0) is 60.7. The highest BCUT2D eigenvalue weighted by Crippen LogP contribution is 2.23. The van der Waals surface area contributed by atoms with E-state index in [2.05, 4.69) is 67.8 Å². The van der Waals surface area contributed by atoms with Crippen LogP contribution in [0.2, 0.25) is 0 Å². The number of nitrogens with one attached hydrogen (secondary N) is 1. The number of ether oxygens (including phenoxy) is 2. The monoisotopic (exact) mass is 1180 g/mol. The Labute approximate surface area is 519 Å². The lowest BCUT2D eigenvalue weighted by Crippen LogP contribution is -2.60. The number of hydrogen-bond donors (Lipinski definition) is 6. The predicted molar refractivity (Wildman–Crippen MR) is 359 cm³/mol. The van der Waals surface area contributed by atoms with Gasteiger partial charge >= 0.3 is 0 Å². The van der Waals surface area contributed by atoms with Crippen molar-refractivity contribution >= 4 is 5.91 Å². The van der Waals surface area contributed by atoms with E-state index in [-0.39, 0.29) is 12.5 Å². The number of allylic oxidation sites excluding steroid dienone is 9. The molecule has 0 bridgehead atoms. The highest BCUT2D eigenvalue weighted by atomic mass is 16.7. The summed E-state index contributed by atoms with van der Waals surface area (Å²) in [5.74, 6) is -0.185. The molecule has 1 aliphatic heterocycles. The Morgan fingerprint density at radius 1 is 0.405 bits per heavy atom. The maximum atomic E-state index is 13.1. The first-order valence-corrected chi connectivity index (χ1v) is 36.5. The minimum atomic E-state index is -1.58. The van der Waals surface area contributed by atoms with Crippen molar-refractivity contribution in [1.29, 1.82) is 0 Å². The Morgan fingerprint density at radius 2 is 0.714 bits per heavy atom. The van der Waals surface area contributed by atoms with Gasteiger partial charge < -0.3 is 40.3 Å². The van der Waals surface area contributed by atoms with Crippen molar-refractivity contribution in [3.05, 3.63) is 60.8 Å². The quantitative estimate of drug-likeness (QED) is 0.0261. The molecule has 84 heavy (non-hydrogen) atoms. The fraction of sp³-hybridized carbons (Fsp3) is 0.853. The summed E-state index contributed by atoms with van der Waals surface area (Å²) in [6, 6.07) is -0.830. The number of hydrogen-bond acceptors (Lipinski definition) is 8. The molecule has 7 atom stereocenters. The van der Waals surface area contributed by atoms with E-state index in [4.69, 9.17) is 9.47 Å². The topological polar surface area (TPSA) is 149 Å². The molecule has 0 aromatic rings. The summed E-state index contributed by atoms with van der Waals surface area (Å²) >= 11 is 0. The molecule has 1 amide bonds. The number of amides is 1. The normalized spacial score (nSPS) is 18.5. The first-order chi connectivity index (χ1) is 41.3. The summed E-state index contributed by atoms with van der Waals surface area (Å²) < 4.78 is 11.3. The van der Waals surface area contributed by atoms with E-state index in [1.54, 1.807) is 6.08 Å². The Kier molecular flexibility index (Phi) is 60.8. The van der Waals surface area contributed by atoms with Gasteiger partial charge in [-0.3, -0.25) is 4.79 Å². The van der Waals surface area contributed by atoms with Crippen LogP contribution in [-0.4, -0.2) is 87.5 Å². The van der Waals surface area contributed by atoms with E-state index in [9.17, 15) is 30.3 Å². The Hall–Kier alpha value is -2.11. The van der Waals surface area contributed by atoms with Gasteiger partial charge in [-0.2, -0.15) is 0 Å². The van der Waals surface area contributed by atoms with Gasteiger partial charge in [0.1, 0.15) is 24.4 Å². The molecule has 492 valence electrons. The molecule has 6 N–H and O–H groups in total. The zero-order valence-electron chi connectivity index (χ0n) is 55.2. The number of unbranched alkanes of at least 4 members (excludes halogenated alkanes) is 46. The second kappa shape index (κ2) is 63.9. The lowest BCUT2D eigenvalue weighted by molar-refractivity contribution is -0.302. The predicted octanol–water partition coefficient (Wildman–Crippen LogP) is 20.1. The highest BCUT2D eigenvalue weighted by molar-refractivity contribution is 5.76. The number of carbonyl (C=O) groups is 1. The van der Waals surface area contributed by atoms with Crippen molar-refractivity contribution in [3.8, 4) is 0 Å². The van der Waals surface area contributed by atoms with Gasteiger partial charge in [-0.15, -0.1) is 0 Å². The van der Waals surface area contributed by atoms with Gasteiger partial charge in [-0.1, -0.05) is 331 Å². The van der Waals surface area contributed by atoms with Crippen LogP contribution >= 0.6 is 0 Å². The first kappa shape index (κ1) is 79.9. The van der Waals surface area contributed by atoms with Crippen LogP contribution in [0, 0.1) is 0 Å². The van der Waals surface area contributed by atoms with E-state index in [0.717, 1.165) is 51.4 Å². The van der Waals surface area contributed by atoms with Crippen LogP contribution in [0.5, 0.6) is 0 Å². The van der Waals surface area contributed by atoms with Crippen molar-refractivity contribution in [2.75, 3.05) is 13.2 Å². The van der Waals surface area contributed by atoms with E-state index in [1.807, 2.05) is 6.08 Å². The number of carbonyl (C=O) groups excluding carboxylic acids is 1. The molecule has 1 rings (SSSR count). The lowest BCUT2D eigenvalue weighted by atomic mass is 9.99. The molecule has 7 unspecified atom stereocenters. The van der Waals surface area contributed by atoms with Gasteiger partial charge in [0.2, 0.25) is 5.91 Å². The lowest BCUT2D eigenvalue weighted by Gasteiger charge is -2.40. The smallest absolute Gasteiger partial charge is 0.220 e. The van der Waals surface area contributed by atoms with Gasteiger partial charge in [-0.25, -0.2) is 0 Å². The zero-order valence-corrected chi connectivity index (χ0v) is 55.2. The van der Waals surface area contributed by atoms with E-state index >= 15 is 0 Å². The van der Waals surface area contributed by atoms with Crippen LogP contribution in [0.15, 0.2) is 60.8 Å². The molecule has 0 aromatic heterocycles. The van der Waals surface area contributed by atoms with Crippen molar-refractivity contribution in [3.63, 3.8) is 0 Å². The minimum Gasteiger partial charge on any atom is -0.394 e. The SMILES string of the molecule is CCCCCCC/C=C\C/C=C\CCCCCCCCCCCCCCCCCCCCCCCCCC(=O)NC(COC1OC(CO)C(O)C(O)C1O)C(O)/C=C/CC/C=C/CC/C=C/CCCCCCCCCCCCCCCCCC. The van der Waals surface area contributed by atoms with Crippen LogP contribution in [-0.2, 0) is 14.3 Å². The summed E-state index contributed by atoms with van der Waals surface area (Å²) in [6.07, 6.45) is 82.0. The standard InChI is InChI=1S/C75H139NO8/c1-3-5-7-9-11-13-15-17-19-21-23-25-27-29-31-32-33-34-35-36-37-38-39-41-43-45-47-49-51-53-55-57-59-61-63-65-71(79)76-68(67-83-75-74(82)73(81)72(80)70(66-77)84-75)69(78)64-62-60-58-56-54-52-50-48-46-44-42-40-30-28-26-24-22-20-18-16-14-12-10-8-6-4-2/h15,17,21,23,46,48,54,56,62,64,68-70,72-75,77-78,80-82H,3-14,16,18-20,22,24-45,47,49-53,55,57-61,63,65-67H2,1-2H3,(H,76,79)/b17-15-,23-21-,48-46+,56-54+,64-62+. The number of aliphatic hydroxyl groups is 5. The van der Waals surface area contributed by atoms with Crippen LogP contribution in [0.25, 0.3) is 0 Å². The summed E-state index contributed by atoms with van der Waals surface area (Å²) in [4.78, 5) is 13.1. The third-order valence-electron chi connectivity index (χ3n) is 17.3. The number of rotatable bonds is 64. The second-order valence-corrected chi connectivity index (χ2v) is 25.4. The molecule has 1 heterocycles. The third-order valence-corrected chi connectivity index (χ3v) is 17.3. The molecule has 0 aromatic carbocycles. The second-order valence-electron chi connectivity index (χ2n) is 25.4. The molecule has 1 saturated heterocycles. The fourth-order valence-corrected chi connectivity index (χ4v) is 11.6. The van der Waals surface area contributed by atoms with E-state index < -0.39 is 49.5 Å². The Morgan fingerprint density at radius 3 is 1.07 bits per heavy atom. The van der Waals surface area contributed by atoms with Gasteiger partial charge in [0, 0.05) is 6.42 Å².